The third-order valence-corrected chi connectivity index (χ3v) is 6.88. The van der Waals surface area contributed by atoms with Crippen molar-refractivity contribution >= 4 is 17.6 Å². The van der Waals surface area contributed by atoms with Gasteiger partial charge in [-0.3, -0.25) is 9.59 Å². The molecule has 2 aromatic rings. The number of amides is 2. The molecule has 6 nitrogen and oxygen atoms in total. The number of hydrogen-bond donors (Lipinski definition) is 1. The molecule has 6 heteroatoms. The number of hydrogen-bond acceptors (Lipinski definition) is 4. The van der Waals surface area contributed by atoms with Gasteiger partial charge in [0.25, 0.3) is 5.91 Å². The SMILES string of the molecule is Cc1cnc(N2CCN(C(=O)c3ccc([C@@H]4C(=O)NCC4C)cc3)CC2)c(C2CC2)c1. The van der Waals surface area contributed by atoms with Gasteiger partial charge in [-0.1, -0.05) is 25.1 Å². The molecule has 1 aromatic carbocycles. The number of carbonyl (C=O) groups is 2. The van der Waals surface area contributed by atoms with Crippen LogP contribution in [0.4, 0.5) is 5.82 Å². The molecular formula is C25H30N4O2. The lowest BCUT2D eigenvalue weighted by molar-refractivity contribution is -0.120. The monoisotopic (exact) mass is 418 g/mol. The van der Waals surface area contributed by atoms with E-state index in [1.54, 1.807) is 0 Å². The van der Waals surface area contributed by atoms with Crippen LogP contribution in [0.5, 0.6) is 0 Å². The molecule has 2 saturated heterocycles. The highest BCUT2D eigenvalue weighted by molar-refractivity contribution is 5.94. The van der Waals surface area contributed by atoms with Crippen molar-refractivity contribution in [2.24, 2.45) is 5.92 Å². The summed E-state index contributed by atoms with van der Waals surface area (Å²) in [6.07, 6.45) is 4.47. The summed E-state index contributed by atoms with van der Waals surface area (Å²) in [6, 6.07) is 9.90. The molecule has 1 unspecified atom stereocenters. The van der Waals surface area contributed by atoms with E-state index in [-0.39, 0.29) is 23.7 Å². The normalized spacial score (nSPS) is 23.7. The Hall–Kier alpha value is -2.89. The molecule has 5 rings (SSSR count). The number of nitrogens with zero attached hydrogens (tertiary/aromatic N) is 3. The van der Waals surface area contributed by atoms with E-state index in [4.69, 9.17) is 4.98 Å². The summed E-state index contributed by atoms with van der Waals surface area (Å²) in [6.45, 7) is 7.90. The molecule has 2 aliphatic heterocycles. The zero-order valence-electron chi connectivity index (χ0n) is 18.3. The van der Waals surface area contributed by atoms with Crippen LogP contribution < -0.4 is 10.2 Å². The van der Waals surface area contributed by atoms with Crippen molar-refractivity contribution in [3.63, 3.8) is 0 Å². The first-order chi connectivity index (χ1) is 15.0. The Morgan fingerprint density at radius 3 is 2.42 bits per heavy atom. The minimum atomic E-state index is -0.115. The maximum Gasteiger partial charge on any atom is 0.253 e. The van der Waals surface area contributed by atoms with Gasteiger partial charge >= 0.3 is 0 Å². The van der Waals surface area contributed by atoms with Crippen molar-refractivity contribution in [3.05, 3.63) is 58.8 Å². The molecular weight excluding hydrogens is 388 g/mol. The van der Waals surface area contributed by atoms with Crippen LogP contribution in [0.25, 0.3) is 0 Å². The number of nitrogens with one attached hydrogen (secondary N) is 1. The van der Waals surface area contributed by atoms with E-state index in [1.807, 2.05) is 35.4 Å². The molecule has 2 atom stereocenters. The van der Waals surface area contributed by atoms with Gasteiger partial charge in [0.1, 0.15) is 5.82 Å². The first-order valence-electron chi connectivity index (χ1n) is 11.4. The van der Waals surface area contributed by atoms with Gasteiger partial charge in [0.2, 0.25) is 5.91 Å². The molecule has 31 heavy (non-hydrogen) atoms. The molecule has 3 fully saturated rings. The fourth-order valence-electron chi connectivity index (χ4n) is 4.91. The van der Waals surface area contributed by atoms with E-state index >= 15 is 0 Å². The summed E-state index contributed by atoms with van der Waals surface area (Å²) in [5.74, 6) is 2.07. The second-order valence-electron chi connectivity index (χ2n) is 9.30. The fourth-order valence-corrected chi connectivity index (χ4v) is 4.91. The standard InChI is InChI=1S/C25H30N4O2/c1-16-13-21(18-3-4-18)23(26-14-16)28-9-11-29(12-10-28)25(31)20-7-5-19(6-8-20)22-17(2)15-27-24(22)30/h5-8,13-14,17-18,22H,3-4,9-12,15H2,1-2H3,(H,27,30)/t17?,22-/m1/s1. The van der Waals surface area contributed by atoms with E-state index in [1.165, 1.54) is 24.0 Å². The molecule has 3 aliphatic rings. The van der Waals surface area contributed by atoms with Crippen molar-refractivity contribution in [1.82, 2.24) is 15.2 Å². The number of benzene rings is 1. The summed E-state index contributed by atoms with van der Waals surface area (Å²) < 4.78 is 0. The van der Waals surface area contributed by atoms with Gasteiger partial charge in [-0.05, 0) is 60.4 Å². The highest BCUT2D eigenvalue weighted by atomic mass is 16.2. The third-order valence-electron chi connectivity index (χ3n) is 6.88. The van der Waals surface area contributed by atoms with Gasteiger partial charge in [0, 0.05) is 44.5 Å². The maximum absolute atomic E-state index is 13.0. The van der Waals surface area contributed by atoms with Crippen LogP contribution in [0.3, 0.4) is 0 Å². The number of aromatic nitrogens is 1. The quantitative estimate of drug-likeness (QED) is 0.829. The van der Waals surface area contributed by atoms with E-state index < -0.39 is 0 Å². The average Bonchev–Trinajstić information content (AvgIpc) is 3.58. The van der Waals surface area contributed by atoms with Crippen LogP contribution in [0.1, 0.15) is 58.6 Å². The summed E-state index contributed by atoms with van der Waals surface area (Å²) in [5, 5.41) is 2.92. The molecule has 1 aliphatic carbocycles. The minimum Gasteiger partial charge on any atom is -0.355 e. The molecule has 1 saturated carbocycles. The second-order valence-corrected chi connectivity index (χ2v) is 9.30. The Morgan fingerprint density at radius 1 is 1.10 bits per heavy atom. The fraction of sp³-hybridized carbons (Fsp3) is 0.480. The van der Waals surface area contributed by atoms with Crippen LogP contribution in [0.2, 0.25) is 0 Å². The molecule has 3 heterocycles. The van der Waals surface area contributed by atoms with Crippen molar-refractivity contribution in [3.8, 4) is 0 Å². The van der Waals surface area contributed by atoms with Crippen LogP contribution in [-0.4, -0.2) is 54.4 Å². The molecule has 1 N–H and O–H groups in total. The molecule has 0 spiro atoms. The summed E-state index contributed by atoms with van der Waals surface area (Å²) in [7, 11) is 0. The van der Waals surface area contributed by atoms with Crippen molar-refractivity contribution in [2.75, 3.05) is 37.6 Å². The van der Waals surface area contributed by atoms with E-state index in [0.717, 1.165) is 24.5 Å². The predicted molar refractivity (Wildman–Crippen MR) is 120 cm³/mol. The first-order valence-corrected chi connectivity index (χ1v) is 11.4. The zero-order chi connectivity index (χ0) is 21.5. The van der Waals surface area contributed by atoms with Gasteiger partial charge in [-0.25, -0.2) is 4.98 Å². The van der Waals surface area contributed by atoms with Gasteiger partial charge in [0.05, 0.1) is 5.92 Å². The van der Waals surface area contributed by atoms with Crippen LogP contribution in [0.15, 0.2) is 36.5 Å². The Balaban J connectivity index is 1.24. The van der Waals surface area contributed by atoms with Gasteiger partial charge in [-0.2, -0.15) is 0 Å². The number of rotatable bonds is 4. The van der Waals surface area contributed by atoms with Crippen molar-refractivity contribution < 1.29 is 9.59 Å². The van der Waals surface area contributed by atoms with E-state index in [0.29, 0.717) is 31.1 Å². The number of piperazine rings is 1. The van der Waals surface area contributed by atoms with Crippen molar-refractivity contribution in [2.45, 2.75) is 38.5 Å². The summed E-state index contributed by atoms with van der Waals surface area (Å²) in [5.41, 5.74) is 4.27. The zero-order valence-corrected chi connectivity index (χ0v) is 18.3. The largest absolute Gasteiger partial charge is 0.355 e. The maximum atomic E-state index is 13.0. The van der Waals surface area contributed by atoms with Crippen LogP contribution in [0, 0.1) is 12.8 Å². The molecule has 0 bridgehead atoms. The van der Waals surface area contributed by atoms with Gasteiger partial charge in [0.15, 0.2) is 0 Å². The predicted octanol–water partition coefficient (Wildman–Crippen LogP) is 3.08. The minimum absolute atomic E-state index is 0.0643. The number of aryl methyl sites for hydroxylation is 1. The molecule has 162 valence electrons. The molecule has 1 aromatic heterocycles. The lowest BCUT2D eigenvalue weighted by atomic mass is 9.89. The number of carbonyl (C=O) groups excluding carboxylic acids is 2. The lowest BCUT2D eigenvalue weighted by Crippen LogP contribution is -2.49. The van der Waals surface area contributed by atoms with Crippen LogP contribution in [-0.2, 0) is 4.79 Å². The summed E-state index contributed by atoms with van der Waals surface area (Å²) in [4.78, 5) is 34.1. The Kier molecular flexibility index (Phi) is 5.16. The first kappa shape index (κ1) is 20.0. The summed E-state index contributed by atoms with van der Waals surface area (Å²) >= 11 is 0. The van der Waals surface area contributed by atoms with Gasteiger partial charge < -0.3 is 15.1 Å². The topological polar surface area (TPSA) is 65.5 Å². The Bertz CT molecular complexity index is 991. The van der Waals surface area contributed by atoms with Crippen molar-refractivity contribution in [1.29, 1.82) is 0 Å². The van der Waals surface area contributed by atoms with E-state index in [2.05, 4.69) is 30.1 Å². The average molecular weight is 419 g/mol. The molecule has 0 radical (unpaired) electrons. The number of pyridine rings is 1. The smallest absolute Gasteiger partial charge is 0.253 e. The van der Waals surface area contributed by atoms with Crippen LogP contribution >= 0.6 is 0 Å². The Morgan fingerprint density at radius 2 is 1.81 bits per heavy atom. The van der Waals surface area contributed by atoms with E-state index in [9.17, 15) is 9.59 Å². The number of anilines is 1. The second kappa shape index (κ2) is 7.98. The highest BCUT2D eigenvalue weighted by Gasteiger charge is 2.33. The Labute approximate surface area is 183 Å². The highest BCUT2D eigenvalue weighted by Crippen LogP contribution is 2.44. The van der Waals surface area contributed by atoms with Gasteiger partial charge in [-0.15, -0.1) is 0 Å². The third kappa shape index (κ3) is 3.91. The molecule has 2 amide bonds. The lowest BCUT2D eigenvalue weighted by Gasteiger charge is -2.36.